The Morgan fingerprint density at radius 2 is 1.79 bits per heavy atom. The molecule has 0 aromatic heterocycles. The number of Topliss-reactive ketones (excluding diaryl/α,β-unsaturated/α-hetero) is 2. The first-order valence-electron chi connectivity index (χ1n) is 11.4. The number of ether oxygens (including phenoxy) is 1. The van der Waals surface area contributed by atoms with Gasteiger partial charge >= 0.3 is 5.97 Å². The molecule has 13 nitrogen and oxygen atoms in total. The monoisotopic (exact) mass is 529 g/mol. The molecule has 1 saturated carbocycles. The number of carbonyl (C=O) groups is 4. The third kappa shape index (κ3) is 3.47. The van der Waals surface area contributed by atoms with Gasteiger partial charge in [0.25, 0.3) is 5.91 Å². The summed E-state index contributed by atoms with van der Waals surface area (Å²) in [5.74, 6) is -10.3. The van der Waals surface area contributed by atoms with Gasteiger partial charge in [0.15, 0.2) is 11.4 Å². The minimum absolute atomic E-state index is 0.0436. The third-order valence-corrected chi connectivity index (χ3v) is 7.48. The lowest BCUT2D eigenvalue weighted by Crippen LogP contribution is -2.70. The summed E-state index contributed by atoms with van der Waals surface area (Å²) in [6, 6.07) is 0.0959. The standard InChI is InChI=1S/C25H27N3O10/c1-28(2)17-15-20(32)12-13(22(34)25(15,37)23(35)14(21(17)33)24(27)36)19(31)11-9(16(12)26)6-4-8(18(11)30)5-7-10(29)38-3/h4-7,12,15-17,20,30-32,35,37H,26H2,1-3H3,(H2,27,36)/b7-5+/t12-,15+,16-,17-,20-,25-/m0/s1. The summed E-state index contributed by atoms with van der Waals surface area (Å²) in [6.07, 6.45) is 0.404. The molecule has 13 heteroatoms. The van der Waals surface area contributed by atoms with E-state index in [1.165, 1.54) is 37.2 Å². The van der Waals surface area contributed by atoms with Crippen molar-refractivity contribution >= 4 is 35.3 Å². The van der Waals surface area contributed by atoms with Crippen molar-refractivity contribution in [2.45, 2.75) is 23.8 Å². The molecule has 1 aromatic carbocycles. The highest BCUT2D eigenvalue weighted by molar-refractivity contribution is 6.24. The van der Waals surface area contributed by atoms with E-state index in [4.69, 9.17) is 11.5 Å². The van der Waals surface area contributed by atoms with Crippen LogP contribution in [0.3, 0.4) is 0 Å². The molecule has 0 spiro atoms. The first-order chi connectivity index (χ1) is 17.7. The Morgan fingerprint density at radius 3 is 2.34 bits per heavy atom. The van der Waals surface area contributed by atoms with Crippen molar-refractivity contribution in [1.29, 1.82) is 0 Å². The van der Waals surface area contributed by atoms with E-state index in [9.17, 15) is 44.7 Å². The van der Waals surface area contributed by atoms with Gasteiger partial charge in [0.2, 0.25) is 5.78 Å². The Kier molecular flexibility index (Phi) is 6.44. The first kappa shape index (κ1) is 27.0. The Bertz CT molecular complexity index is 1380. The number of phenols is 1. The Labute approximate surface area is 215 Å². The lowest BCUT2D eigenvalue weighted by Gasteiger charge is -2.53. The van der Waals surface area contributed by atoms with E-state index in [0.717, 1.165) is 13.2 Å². The predicted octanol–water partition coefficient (Wildman–Crippen LogP) is -1.42. The maximum absolute atomic E-state index is 13.9. The molecule has 3 aliphatic rings. The van der Waals surface area contributed by atoms with E-state index in [1.807, 2.05) is 0 Å². The molecule has 6 atom stereocenters. The Hall–Kier alpha value is -4.04. The molecular weight excluding hydrogens is 502 g/mol. The molecule has 1 fully saturated rings. The van der Waals surface area contributed by atoms with Gasteiger partial charge in [-0.3, -0.25) is 19.3 Å². The molecule has 3 aliphatic carbocycles. The maximum atomic E-state index is 13.9. The zero-order chi connectivity index (χ0) is 28.4. The molecule has 202 valence electrons. The number of amides is 1. The lowest BCUT2D eigenvalue weighted by molar-refractivity contribution is -0.169. The number of esters is 1. The van der Waals surface area contributed by atoms with Gasteiger partial charge in [-0.15, -0.1) is 0 Å². The van der Waals surface area contributed by atoms with Gasteiger partial charge in [0.05, 0.1) is 30.7 Å². The van der Waals surface area contributed by atoms with Crippen LogP contribution >= 0.6 is 0 Å². The van der Waals surface area contributed by atoms with E-state index in [-0.39, 0.29) is 16.7 Å². The number of aliphatic hydroxyl groups excluding tert-OH is 3. The zero-order valence-electron chi connectivity index (χ0n) is 20.6. The largest absolute Gasteiger partial charge is 0.508 e. The fourth-order valence-corrected chi connectivity index (χ4v) is 5.74. The number of aliphatic hydroxyl groups is 4. The van der Waals surface area contributed by atoms with E-state index in [0.29, 0.717) is 0 Å². The number of fused-ring (bicyclic) bond motifs is 3. The third-order valence-electron chi connectivity index (χ3n) is 7.48. The average molecular weight is 530 g/mol. The fourth-order valence-electron chi connectivity index (χ4n) is 5.74. The number of aromatic hydroxyl groups is 1. The lowest BCUT2D eigenvalue weighted by atomic mass is 9.55. The van der Waals surface area contributed by atoms with Gasteiger partial charge in [-0.1, -0.05) is 12.1 Å². The normalized spacial score (nSPS) is 30.9. The van der Waals surface area contributed by atoms with Gasteiger partial charge in [0.1, 0.15) is 22.8 Å². The van der Waals surface area contributed by atoms with E-state index >= 15 is 0 Å². The summed E-state index contributed by atoms with van der Waals surface area (Å²) in [6.45, 7) is 0. The Morgan fingerprint density at radius 1 is 1.16 bits per heavy atom. The summed E-state index contributed by atoms with van der Waals surface area (Å²) in [4.78, 5) is 51.8. The minimum Gasteiger partial charge on any atom is -0.508 e. The molecule has 0 saturated heterocycles. The zero-order valence-corrected chi connectivity index (χ0v) is 20.6. The number of rotatable bonds is 4. The van der Waals surface area contributed by atoms with Gasteiger partial charge in [0, 0.05) is 29.2 Å². The predicted molar refractivity (Wildman–Crippen MR) is 130 cm³/mol. The second kappa shape index (κ2) is 9.06. The molecule has 0 heterocycles. The molecule has 38 heavy (non-hydrogen) atoms. The summed E-state index contributed by atoms with van der Waals surface area (Å²) in [5.41, 5.74) is 6.89. The number of phenolic OH excluding ortho intramolecular Hbond substituents is 1. The van der Waals surface area contributed by atoms with E-state index < -0.39 is 87.5 Å². The van der Waals surface area contributed by atoms with E-state index in [1.54, 1.807) is 0 Å². The van der Waals surface area contributed by atoms with Gasteiger partial charge < -0.3 is 41.7 Å². The number of nitrogens with zero attached hydrogens (tertiary/aromatic N) is 1. The molecule has 0 unspecified atom stereocenters. The number of hydrogen-bond donors (Lipinski definition) is 7. The van der Waals surface area contributed by atoms with Gasteiger partial charge in [-0.05, 0) is 25.7 Å². The molecule has 0 radical (unpaired) electrons. The average Bonchev–Trinajstić information content (AvgIpc) is 2.84. The van der Waals surface area contributed by atoms with Crippen LogP contribution in [0.4, 0.5) is 0 Å². The number of likely N-dealkylation sites (N-methyl/N-ethyl adjacent to an activating group) is 1. The molecule has 9 N–H and O–H groups in total. The first-order valence-corrected chi connectivity index (χ1v) is 11.4. The van der Waals surface area contributed by atoms with Crippen LogP contribution in [0.1, 0.15) is 22.7 Å². The van der Waals surface area contributed by atoms with Crippen molar-refractivity contribution in [2.24, 2.45) is 23.3 Å². The van der Waals surface area contributed by atoms with Crippen molar-refractivity contribution < 1.29 is 49.4 Å². The van der Waals surface area contributed by atoms with Crippen molar-refractivity contribution in [3.8, 4) is 5.75 Å². The Balaban J connectivity index is 2.00. The van der Waals surface area contributed by atoms with E-state index in [2.05, 4.69) is 4.74 Å². The molecular formula is C25H27N3O10. The summed E-state index contributed by atoms with van der Waals surface area (Å²) in [7, 11) is 3.96. The van der Waals surface area contributed by atoms with Crippen molar-refractivity contribution in [3.05, 3.63) is 51.8 Å². The highest BCUT2D eigenvalue weighted by atomic mass is 16.5. The number of hydrogen-bond acceptors (Lipinski definition) is 12. The molecule has 1 amide bonds. The SMILES string of the molecule is COC(=O)/C=C/c1ccc2c(c1O)C(O)=C1C(=O)[C@]3(O)C(O)=C(C(N)=O)C(=O)[C@@H](N(C)C)[C@@H]3[C@@H](O)[C@@H]1[C@H]2N. The minimum atomic E-state index is -3.04. The van der Waals surface area contributed by atoms with Crippen LogP contribution in [-0.4, -0.2) is 92.8 Å². The number of ketones is 2. The second-order valence-corrected chi connectivity index (χ2v) is 9.61. The highest BCUT2D eigenvalue weighted by Crippen LogP contribution is 2.55. The van der Waals surface area contributed by atoms with Gasteiger partial charge in [-0.25, -0.2) is 4.79 Å². The summed E-state index contributed by atoms with van der Waals surface area (Å²) < 4.78 is 4.51. The van der Waals surface area contributed by atoms with Crippen LogP contribution in [0.2, 0.25) is 0 Å². The maximum Gasteiger partial charge on any atom is 0.330 e. The number of carbonyl (C=O) groups excluding carboxylic acids is 4. The fraction of sp³-hybridized carbons (Fsp3) is 0.360. The molecule has 0 bridgehead atoms. The number of nitrogens with two attached hydrogens (primary N) is 2. The molecule has 0 aliphatic heterocycles. The number of primary amides is 1. The molecule has 1 aromatic rings. The summed E-state index contributed by atoms with van der Waals surface area (Å²) in [5, 5.41) is 56.1. The van der Waals surface area contributed by atoms with Crippen LogP contribution in [-0.2, 0) is 23.9 Å². The topological polar surface area (TPSA) is 234 Å². The molecule has 4 rings (SSSR count). The highest BCUT2D eigenvalue weighted by Gasteiger charge is 2.68. The van der Waals surface area contributed by atoms with Crippen LogP contribution in [0.15, 0.2) is 35.1 Å². The number of benzene rings is 1. The van der Waals surface area contributed by atoms with Crippen LogP contribution in [0.25, 0.3) is 11.8 Å². The quantitative estimate of drug-likeness (QED) is 0.135. The van der Waals surface area contributed by atoms with Gasteiger partial charge in [-0.2, -0.15) is 0 Å². The van der Waals surface area contributed by atoms with Crippen molar-refractivity contribution in [2.75, 3.05) is 21.2 Å². The summed E-state index contributed by atoms with van der Waals surface area (Å²) >= 11 is 0. The number of methoxy groups -OCH3 is 1. The van der Waals surface area contributed by atoms with Crippen LogP contribution in [0, 0.1) is 11.8 Å². The second-order valence-electron chi connectivity index (χ2n) is 9.61. The van der Waals surface area contributed by atoms with Crippen molar-refractivity contribution in [1.82, 2.24) is 4.90 Å². The smallest absolute Gasteiger partial charge is 0.330 e. The van der Waals surface area contributed by atoms with Crippen molar-refractivity contribution in [3.63, 3.8) is 0 Å². The van der Waals surface area contributed by atoms with Crippen LogP contribution in [0.5, 0.6) is 5.75 Å². The van der Waals surface area contributed by atoms with Crippen LogP contribution < -0.4 is 11.5 Å².